The molecule has 9 heteroatoms. The van der Waals surface area contributed by atoms with Gasteiger partial charge in [0.15, 0.2) is 5.76 Å². The van der Waals surface area contributed by atoms with Crippen molar-refractivity contribution in [2.75, 3.05) is 36.4 Å². The maximum absolute atomic E-state index is 13.1. The molecule has 2 aromatic carbocycles. The largest absolute Gasteiger partial charge is 0.369 e. The van der Waals surface area contributed by atoms with Gasteiger partial charge in [0.25, 0.3) is 0 Å². The second-order valence-electron chi connectivity index (χ2n) is 7.82. The van der Waals surface area contributed by atoms with Crippen LogP contribution in [0.25, 0.3) is 12.2 Å². The van der Waals surface area contributed by atoms with E-state index >= 15 is 0 Å². The zero-order valence-corrected chi connectivity index (χ0v) is 19.4. The van der Waals surface area contributed by atoms with Crippen LogP contribution in [0.5, 0.6) is 0 Å². The Morgan fingerprint density at radius 2 is 1.67 bits per heavy atom. The number of para-hydroxylation sites is 1. The third-order valence-electron chi connectivity index (χ3n) is 5.50. The normalized spacial score (nSPS) is 15.2. The topological polar surface area (TPSA) is 95.8 Å². The molecule has 8 nitrogen and oxygen atoms in total. The van der Waals surface area contributed by atoms with Crippen LogP contribution in [0.4, 0.5) is 11.4 Å². The smallest absolute Gasteiger partial charge is 0.243 e. The summed E-state index contributed by atoms with van der Waals surface area (Å²) in [7, 11) is -3.56. The molecular weight excluding hydrogens is 440 g/mol. The van der Waals surface area contributed by atoms with Crippen molar-refractivity contribution >= 4 is 39.5 Å². The summed E-state index contributed by atoms with van der Waals surface area (Å²) >= 11 is 0. The third-order valence-corrected chi connectivity index (χ3v) is 7.41. The van der Waals surface area contributed by atoms with E-state index in [2.05, 4.69) is 15.4 Å². The zero-order chi connectivity index (χ0) is 23.4. The minimum Gasteiger partial charge on any atom is -0.369 e. The molecule has 3 aromatic rings. The lowest BCUT2D eigenvalue weighted by molar-refractivity contribution is -0.114. The number of nitrogens with zero attached hydrogens (tertiary/aromatic N) is 3. The van der Waals surface area contributed by atoms with Gasteiger partial charge in [0.1, 0.15) is 11.4 Å². The van der Waals surface area contributed by atoms with E-state index in [1.807, 2.05) is 30.3 Å². The predicted octanol–water partition coefficient (Wildman–Crippen LogP) is 3.62. The van der Waals surface area contributed by atoms with Crippen molar-refractivity contribution in [2.24, 2.45) is 0 Å². The van der Waals surface area contributed by atoms with E-state index in [0.29, 0.717) is 43.3 Å². The molecule has 172 valence electrons. The fourth-order valence-corrected chi connectivity index (χ4v) is 5.15. The first kappa shape index (κ1) is 22.8. The van der Waals surface area contributed by atoms with Crippen LogP contribution in [0.1, 0.15) is 23.9 Å². The highest BCUT2D eigenvalue weighted by molar-refractivity contribution is 7.89. The van der Waals surface area contributed by atoms with Gasteiger partial charge < -0.3 is 14.7 Å². The van der Waals surface area contributed by atoms with Crippen LogP contribution < -0.4 is 10.2 Å². The number of amides is 1. The Hall–Kier alpha value is -3.43. The van der Waals surface area contributed by atoms with Gasteiger partial charge in [-0.1, -0.05) is 41.6 Å². The SMILES string of the molecule is CC(=O)Nc1c(C)noc1/C=C\c1ccc(S(=O)(=O)N2CCN(c3ccccc3)CC2)cc1. The number of hydrogen-bond acceptors (Lipinski definition) is 6. The summed E-state index contributed by atoms with van der Waals surface area (Å²) in [5.74, 6) is 0.214. The summed E-state index contributed by atoms with van der Waals surface area (Å²) in [5, 5.41) is 6.58. The van der Waals surface area contributed by atoms with Crippen LogP contribution >= 0.6 is 0 Å². The molecule has 1 saturated heterocycles. The maximum atomic E-state index is 13.1. The van der Waals surface area contributed by atoms with Crippen molar-refractivity contribution < 1.29 is 17.7 Å². The molecule has 1 aromatic heterocycles. The second kappa shape index (κ2) is 9.60. The summed E-state index contributed by atoms with van der Waals surface area (Å²) in [4.78, 5) is 13.8. The summed E-state index contributed by atoms with van der Waals surface area (Å²) in [6, 6.07) is 16.7. The molecule has 0 saturated carbocycles. The molecule has 2 heterocycles. The standard InChI is InChI=1S/C24H26N4O4S/c1-18-24(25-19(2)29)23(32-26-18)13-10-20-8-11-22(12-9-20)33(30,31)28-16-14-27(15-17-28)21-6-4-3-5-7-21/h3-13H,14-17H2,1-2H3,(H,25,29)/b13-10-. The number of carbonyl (C=O) groups excluding carboxylic acids is 1. The minimum atomic E-state index is -3.56. The Morgan fingerprint density at radius 3 is 2.30 bits per heavy atom. The molecule has 33 heavy (non-hydrogen) atoms. The Bertz CT molecular complexity index is 1240. The highest BCUT2D eigenvalue weighted by Crippen LogP contribution is 2.24. The summed E-state index contributed by atoms with van der Waals surface area (Å²) in [6.45, 7) is 5.34. The Balaban J connectivity index is 1.43. The molecule has 1 aliphatic rings. The number of hydrogen-bond donors (Lipinski definition) is 1. The average molecular weight is 467 g/mol. The number of rotatable bonds is 6. The van der Waals surface area contributed by atoms with Crippen LogP contribution in [-0.2, 0) is 14.8 Å². The van der Waals surface area contributed by atoms with Crippen molar-refractivity contribution in [3.63, 3.8) is 0 Å². The van der Waals surface area contributed by atoms with E-state index in [4.69, 9.17) is 4.52 Å². The first-order valence-electron chi connectivity index (χ1n) is 10.7. The van der Waals surface area contributed by atoms with E-state index in [-0.39, 0.29) is 10.8 Å². The fraction of sp³-hybridized carbons (Fsp3) is 0.250. The van der Waals surface area contributed by atoms with Gasteiger partial charge in [-0.15, -0.1) is 0 Å². The number of piperazine rings is 1. The number of sulfonamides is 1. The number of benzene rings is 2. The van der Waals surface area contributed by atoms with Crippen LogP contribution in [-0.4, -0.2) is 50.0 Å². The van der Waals surface area contributed by atoms with Crippen LogP contribution in [0.2, 0.25) is 0 Å². The summed E-state index contributed by atoms with van der Waals surface area (Å²) < 4.78 is 33.0. The van der Waals surface area contributed by atoms with Crippen LogP contribution in [0.3, 0.4) is 0 Å². The minimum absolute atomic E-state index is 0.213. The summed E-state index contributed by atoms with van der Waals surface area (Å²) in [5.41, 5.74) is 3.01. The van der Waals surface area contributed by atoms with Crippen LogP contribution in [0.15, 0.2) is 64.0 Å². The molecule has 1 fully saturated rings. The van der Waals surface area contributed by atoms with E-state index < -0.39 is 10.0 Å². The Morgan fingerprint density at radius 1 is 1.00 bits per heavy atom. The number of carbonyl (C=O) groups is 1. The summed E-state index contributed by atoms with van der Waals surface area (Å²) in [6.07, 6.45) is 3.47. The third kappa shape index (κ3) is 5.15. The molecule has 0 atom stereocenters. The van der Waals surface area contributed by atoms with Crippen molar-refractivity contribution in [1.82, 2.24) is 9.46 Å². The number of anilines is 2. The van der Waals surface area contributed by atoms with Gasteiger partial charge in [0.2, 0.25) is 15.9 Å². The highest BCUT2D eigenvalue weighted by atomic mass is 32.2. The molecule has 0 spiro atoms. The van der Waals surface area contributed by atoms with Gasteiger partial charge >= 0.3 is 0 Å². The van der Waals surface area contributed by atoms with Gasteiger partial charge in [0, 0.05) is 38.8 Å². The van der Waals surface area contributed by atoms with Gasteiger partial charge in [-0.3, -0.25) is 4.79 Å². The molecule has 0 bridgehead atoms. The van der Waals surface area contributed by atoms with Crippen molar-refractivity contribution in [2.45, 2.75) is 18.7 Å². The van der Waals surface area contributed by atoms with Gasteiger partial charge in [-0.2, -0.15) is 4.31 Å². The van der Waals surface area contributed by atoms with E-state index in [1.165, 1.54) is 11.2 Å². The first-order valence-corrected chi connectivity index (χ1v) is 12.1. The molecule has 0 aliphatic carbocycles. The lowest BCUT2D eigenvalue weighted by atomic mass is 10.2. The Labute approximate surface area is 193 Å². The lowest BCUT2D eigenvalue weighted by Gasteiger charge is -2.35. The highest BCUT2D eigenvalue weighted by Gasteiger charge is 2.28. The molecule has 4 rings (SSSR count). The number of nitrogens with one attached hydrogen (secondary N) is 1. The van der Waals surface area contributed by atoms with Gasteiger partial charge in [0.05, 0.1) is 4.90 Å². The monoisotopic (exact) mass is 466 g/mol. The van der Waals surface area contributed by atoms with E-state index in [1.54, 1.807) is 43.3 Å². The maximum Gasteiger partial charge on any atom is 0.243 e. The lowest BCUT2D eigenvalue weighted by Crippen LogP contribution is -2.48. The van der Waals surface area contributed by atoms with Gasteiger partial charge in [-0.25, -0.2) is 8.42 Å². The molecule has 0 unspecified atom stereocenters. The first-order chi connectivity index (χ1) is 15.8. The fourth-order valence-electron chi connectivity index (χ4n) is 3.73. The molecule has 1 N–H and O–H groups in total. The quantitative estimate of drug-likeness (QED) is 0.596. The average Bonchev–Trinajstić information content (AvgIpc) is 3.17. The second-order valence-corrected chi connectivity index (χ2v) is 9.76. The van der Waals surface area contributed by atoms with E-state index in [0.717, 1.165) is 11.3 Å². The van der Waals surface area contributed by atoms with Crippen LogP contribution in [0, 0.1) is 6.92 Å². The van der Waals surface area contributed by atoms with Crippen molar-refractivity contribution in [3.8, 4) is 0 Å². The van der Waals surface area contributed by atoms with Crippen molar-refractivity contribution in [3.05, 3.63) is 71.6 Å². The zero-order valence-electron chi connectivity index (χ0n) is 18.6. The number of aryl methyl sites for hydroxylation is 1. The molecule has 0 radical (unpaired) electrons. The van der Waals surface area contributed by atoms with Crippen molar-refractivity contribution in [1.29, 1.82) is 0 Å². The molecule has 1 aliphatic heterocycles. The number of aromatic nitrogens is 1. The molecular formula is C24H26N4O4S. The van der Waals surface area contributed by atoms with Gasteiger partial charge in [-0.05, 0) is 42.8 Å². The molecule has 1 amide bonds. The predicted molar refractivity (Wildman–Crippen MR) is 128 cm³/mol. The van der Waals surface area contributed by atoms with E-state index in [9.17, 15) is 13.2 Å². The Kier molecular flexibility index (Phi) is 6.62.